The summed E-state index contributed by atoms with van der Waals surface area (Å²) in [7, 11) is 0. The van der Waals surface area contributed by atoms with Crippen LogP contribution in [0.1, 0.15) is 5.56 Å². The first-order valence-electron chi connectivity index (χ1n) is 6.55. The highest BCUT2D eigenvalue weighted by molar-refractivity contribution is 9.10. The highest BCUT2D eigenvalue weighted by Gasteiger charge is 2.21. The lowest BCUT2D eigenvalue weighted by Crippen LogP contribution is -2.49. The van der Waals surface area contributed by atoms with E-state index in [1.165, 1.54) is 0 Å². The van der Waals surface area contributed by atoms with E-state index < -0.39 is 0 Å². The molecular formula is C14H19BrN2O2. The van der Waals surface area contributed by atoms with E-state index in [1.807, 2.05) is 29.2 Å². The predicted molar refractivity (Wildman–Crippen MR) is 78.0 cm³/mol. The number of halogens is 1. The lowest BCUT2D eigenvalue weighted by molar-refractivity contribution is -0.132. The van der Waals surface area contributed by atoms with Gasteiger partial charge in [-0.25, -0.2) is 0 Å². The second-order valence-electron chi connectivity index (χ2n) is 4.71. The first kappa shape index (κ1) is 14.5. The van der Waals surface area contributed by atoms with Gasteiger partial charge in [-0.1, -0.05) is 34.1 Å². The van der Waals surface area contributed by atoms with Crippen molar-refractivity contribution < 1.29 is 9.90 Å². The summed E-state index contributed by atoms with van der Waals surface area (Å²) >= 11 is 3.47. The highest BCUT2D eigenvalue weighted by Crippen LogP contribution is 2.17. The Morgan fingerprint density at radius 2 is 1.89 bits per heavy atom. The molecule has 1 saturated heterocycles. The summed E-state index contributed by atoms with van der Waals surface area (Å²) in [6.45, 7) is 4.09. The molecule has 19 heavy (non-hydrogen) atoms. The van der Waals surface area contributed by atoms with Crippen LogP contribution in [0.25, 0.3) is 0 Å². The monoisotopic (exact) mass is 326 g/mol. The zero-order valence-corrected chi connectivity index (χ0v) is 12.5. The van der Waals surface area contributed by atoms with Gasteiger partial charge in [0.25, 0.3) is 0 Å². The molecule has 1 aliphatic heterocycles. The van der Waals surface area contributed by atoms with E-state index in [0.29, 0.717) is 13.0 Å². The van der Waals surface area contributed by atoms with Gasteiger partial charge >= 0.3 is 0 Å². The molecule has 4 nitrogen and oxygen atoms in total. The SMILES string of the molecule is O=C(Cc1ccccc1Br)N1CCN(CCO)CC1. The minimum Gasteiger partial charge on any atom is -0.395 e. The van der Waals surface area contributed by atoms with Gasteiger partial charge in [0.15, 0.2) is 0 Å². The molecule has 1 fully saturated rings. The lowest BCUT2D eigenvalue weighted by atomic mass is 10.1. The van der Waals surface area contributed by atoms with Gasteiger partial charge in [0.05, 0.1) is 13.0 Å². The van der Waals surface area contributed by atoms with Crippen LogP contribution in [0.3, 0.4) is 0 Å². The molecule has 0 aromatic heterocycles. The topological polar surface area (TPSA) is 43.8 Å². The van der Waals surface area contributed by atoms with Gasteiger partial charge in [-0.3, -0.25) is 9.69 Å². The van der Waals surface area contributed by atoms with Crippen LogP contribution >= 0.6 is 15.9 Å². The Hall–Kier alpha value is -0.910. The molecule has 0 aliphatic carbocycles. The maximum absolute atomic E-state index is 12.2. The molecule has 0 atom stereocenters. The van der Waals surface area contributed by atoms with Crippen molar-refractivity contribution in [1.29, 1.82) is 0 Å². The molecule has 1 amide bonds. The summed E-state index contributed by atoms with van der Waals surface area (Å²) in [5.74, 6) is 0.176. The quantitative estimate of drug-likeness (QED) is 0.902. The number of piperazine rings is 1. The number of aliphatic hydroxyl groups is 1. The van der Waals surface area contributed by atoms with Crippen molar-refractivity contribution in [2.75, 3.05) is 39.3 Å². The van der Waals surface area contributed by atoms with Gasteiger partial charge in [-0.2, -0.15) is 0 Å². The molecule has 104 valence electrons. The highest BCUT2D eigenvalue weighted by atomic mass is 79.9. The maximum atomic E-state index is 12.2. The molecule has 1 N–H and O–H groups in total. The van der Waals surface area contributed by atoms with E-state index in [9.17, 15) is 4.79 Å². The second-order valence-corrected chi connectivity index (χ2v) is 5.57. The Bertz CT molecular complexity index is 431. The second kappa shape index (κ2) is 7.03. The van der Waals surface area contributed by atoms with Crippen LogP contribution in [0, 0.1) is 0 Å². The van der Waals surface area contributed by atoms with Crippen molar-refractivity contribution in [3.05, 3.63) is 34.3 Å². The fourth-order valence-corrected chi connectivity index (χ4v) is 2.70. The van der Waals surface area contributed by atoms with E-state index in [-0.39, 0.29) is 12.5 Å². The lowest BCUT2D eigenvalue weighted by Gasteiger charge is -2.34. The minimum absolute atomic E-state index is 0.176. The third kappa shape index (κ3) is 4.03. The standard InChI is InChI=1S/C14H19BrN2O2/c15-13-4-2-1-3-12(13)11-14(19)17-7-5-16(6-8-17)9-10-18/h1-4,18H,5-11H2. The van der Waals surface area contributed by atoms with E-state index in [0.717, 1.165) is 36.2 Å². The molecule has 1 aromatic carbocycles. The Balaban J connectivity index is 1.87. The number of hydrogen-bond donors (Lipinski definition) is 1. The molecule has 2 rings (SSSR count). The van der Waals surface area contributed by atoms with E-state index in [4.69, 9.17) is 5.11 Å². The third-order valence-electron chi connectivity index (χ3n) is 3.44. The number of benzene rings is 1. The van der Waals surface area contributed by atoms with Gasteiger partial charge in [-0.15, -0.1) is 0 Å². The van der Waals surface area contributed by atoms with Gasteiger partial charge in [-0.05, 0) is 11.6 Å². The number of rotatable bonds is 4. The zero-order chi connectivity index (χ0) is 13.7. The van der Waals surface area contributed by atoms with Crippen LogP contribution in [0.15, 0.2) is 28.7 Å². The van der Waals surface area contributed by atoms with Crippen molar-refractivity contribution in [2.24, 2.45) is 0 Å². The Morgan fingerprint density at radius 1 is 1.21 bits per heavy atom. The summed E-state index contributed by atoms with van der Waals surface area (Å²) in [4.78, 5) is 16.3. The van der Waals surface area contributed by atoms with Crippen LogP contribution in [0.5, 0.6) is 0 Å². The Morgan fingerprint density at radius 3 is 2.53 bits per heavy atom. The van der Waals surface area contributed by atoms with Crippen molar-refractivity contribution >= 4 is 21.8 Å². The van der Waals surface area contributed by atoms with Gasteiger partial charge in [0.2, 0.25) is 5.91 Å². The van der Waals surface area contributed by atoms with Gasteiger partial charge < -0.3 is 10.0 Å². The summed E-state index contributed by atoms with van der Waals surface area (Å²) in [5.41, 5.74) is 1.03. The van der Waals surface area contributed by atoms with E-state index >= 15 is 0 Å². The van der Waals surface area contributed by atoms with Crippen LogP contribution in [-0.2, 0) is 11.2 Å². The molecular weight excluding hydrogens is 308 g/mol. The number of aliphatic hydroxyl groups excluding tert-OH is 1. The van der Waals surface area contributed by atoms with Crippen molar-refractivity contribution in [1.82, 2.24) is 9.80 Å². The Labute approximate surface area is 122 Å². The molecule has 1 aromatic rings. The maximum Gasteiger partial charge on any atom is 0.227 e. The summed E-state index contributed by atoms with van der Waals surface area (Å²) in [6, 6.07) is 7.84. The fourth-order valence-electron chi connectivity index (χ4n) is 2.28. The van der Waals surface area contributed by atoms with Crippen molar-refractivity contribution in [3.8, 4) is 0 Å². The Kier molecular flexibility index (Phi) is 5.36. The van der Waals surface area contributed by atoms with Crippen LogP contribution in [0.2, 0.25) is 0 Å². The average molecular weight is 327 g/mol. The molecule has 0 saturated carbocycles. The first-order chi connectivity index (χ1) is 9.20. The first-order valence-corrected chi connectivity index (χ1v) is 7.34. The largest absolute Gasteiger partial charge is 0.395 e. The van der Waals surface area contributed by atoms with Crippen molar-refractivity contribution in [2.45, 2.75) is 6.42 Å². The smallest absolute Gasteiger partial charge is 0.227 e. The van der Waals surface area contributed by atoms with E-state index in [2.05, 4.69) is 20.8 Å². The normalized spacial score (nSPS) is 16.6. The number of hydrogen-bond acceptors (Lipinski definition) is 3. The van der Waals surface area contributed by atoms with Gasteiger partial charge in [0, 0.05) is 37.2 Å². The summed E-state index contributed by atoms with van der Waals surface area (Å²) < 4.78 is 0.988. The number of carbonyl (C=O) groups is 1. The number of carbonyl (C=O) groups excluding carboxylic acids is 1. The molecule has 0 bridgehead atoms. The van der Waals surface area contributed by atoms with Crippen LogP contribution in [0.4, 0.5) is 0 Å². The zero-order valence-electron chi connectivity index (χ0n) is 10.9. The number of amides is 1. The van der Waals surface area contributed by atoms with Crippen molar-refractivity contribution in [3.63, 3.8) is 0 Å². The number of β-amino-alcohol motifs (C(OH)–C–C–N with tert-alkyl or cyclic N) is 1. The molecule has 0 spiro atoms. The third-order valence-corrected chi connectivity index (χ3v) is 4.21. The molecule has 0 unspecified atom stereocenters. The minimum atomic E-state index is 0.176. The molecule has 5 heteroatoms. The predicted octanol–water partition coefficient (Wildman–Crippen LogP) is 1.13. The average Bonchev–Trinajstić information content (AvgIpc) is 2.42. The van der Waals surface area contributed by atoms with Crippen LogP contribution in [-0.4, -0.2) is 60.1 Å². The molecule has 0 radical (unpaired) electrons. The molecule has 1 aliphatic rings. The fraction of sp³-hybridized carbons (Fsp3) is 0.500. The summed E-state index contributed by atoms with van der Waals surface area (Å²) in [5, 5.41) is 8.89. The van der Waals surface area contributed by atoms with Gasteiger partial charge in [0.1, 0.15) is 0 Å². The van der Waals surface area contributed by atoms with E-state index in [1.54, 1.807) is 0 Å². The summed E-state index contributed by atoms with van der Waals surface area (Å²) in [6.07, 6.45) is 0.446. The van der Waals surface area contributed by atoms with Crippen LogP contribution < -0.4 is 0 Å². The molecule has 1 heterocycles. The number of nitrogens with zero attached hydrogens (tertiary/aromatic N) is 2.